The lowest BCUT2D eigenvalue weighted by Gasteiger charge is -2.29. The van der Waals surface area contributed by atoms with E-state index in [2.05, 4.69) is 63.7 Å². The van der Waals surface area contributed by atoms with E-state index in [1.165, 1.54) is 16.7 Å². The summed E-state index contributed by atoms with van der Waals surface area (Å²) < 4.78 is 0. The fourth-order valence-corrected chi connectivity index (χ4v) is 3.85. The molecule has 0 saturated heterocycles. The summed E-state index contributed by atoms with van der Waals surface area (Å²) >= 11 is 0. The van der Waals surface area contributed by atoms with E-state index in [1.807, 2.05) is 37.4 Å². The molecule has 0 aliphatic carbocycles. The zero-order chi connectivity index (χ0) is 19.8. The SMILES string of the molecule is [C-]#[N+]c1cc2c(cc1[N+]#[C-])N(c1ccc(-c3ccccc3)cc1C)[C@@H](C)N2C. The molecule has 0 radical (unpaired) electrons. The Morgan fingerprint density at radius 2 is 1.43 bits per heavy atom. The molecule has 4 nitrogen and oxygen atoms in total. The van der Waals surface area contributed by atoms with Crippen LogP contribution in [0.2, 0.25) is 0 Å². The van der Waals surface area contributed by atoms with Crippen LogP contribution in [0.25, 0.3) is 20.8 Å². The first-order valence-corrected chi connectivity index (χ1v) is 9.16. The maximum atomic E-state index is 7.44. The van der Waals surface area contributed by atoms with Gasteiger partial charge in [-0.05, 0) is 54.8 Å². The molecule has 0 fully saturated rings. The van der Waals surface area contributed by atoms with Gasteiger partial charge in [0.25, 0.3) is 0 Å². The van der Waals surface area contributed by atoms with Gasteiger partial charge in [-0.15, -0.1) is 0 Å². The summed E-state index contributed by atoms with van der Waals surface area (Å²) in [5.74, 6) is 0. The van der Waals surface area contributed by atoms with Gasteiger partial charge < -0.3 is 9.80 Å². The Hall–Kier alpha value is -3.76. The molecule has 28 heavy (non-hydrogen) atoms. The molecular formula is C24H20N4. The largest absolute Gasteiger partial charge is 0.354 e. The van der Waals surface area contributed by atoms with E-state index in [1.54, 1.807) is 0 Å². The lowest BCUT2D eigenvalue weighted by molar-refractivity contribution is 0.733. The first kappa shape index (κ1) is 17.6. The quantitative estimate of drug-likeness (QED) is 0.470. The molecule has 0 bridgehead atoms. The summed E-state index contributed by atoms with van der Waals surface area (Å²) in [4.78, 5) is 11.5. The van der Waals surface area contributed by atoms with Crippen molar-refractivity contribution in [2.24, 2.45) is 0 Å². The fraction of sp³-hybridized carbons (Fsp3) is 0.167. The van der Waals surface area contributed by atoms with Crippen LogP contribution >= 0.6 is 0 Å². The third-order valence-corrected chi connectivity index (χ3v) is 5.45. The molecule has 0 aromatic heterocycles. The third-order valence-electron chi connectivity index (χ3n) is 5.45. The molecule has 136 valence electrons. The highest BCUT2D eigenvalue weighted by Crippen LogP contribution is 2.49. The minimum absolute atomic E-state index is 0.0934. The normalized spacial score (nSPS) is 15.1. The molecular weight excluding hydrogens is 344 g/mol. The van der Waals surface area contributed by atoms with E-state index in [0.717, 1.165) is 17.1 Å². The Labute approximate surface area is 165 Å². The number of anilines is 3. The van der Waals surface area contributed by atoms with Crippen molar-refractivity contribution in [3.63, 3.8) is 0 Å². The summed E-state index contributed by atoms with van der Waals surface area (Å²) in [6.07, 6.45) is 0.0934. The van der Waals surface area contributed by atoms with Gasteiger partial charge in [-0.25, -0.2) is 0 Å². The van der Waals surface area contributed by atoms with E-state index >= 15 is 0 Å². The zero-order valence-corrected chi connectivity index (χ0v) is 16.1. The minimum atomic E-state index is 0.0934. The lowest BCUT2D eigenvalue weighted by Crippen LogP contribution is -2.35. The van der Waals surface area contributed by atoms with Gasteiger partial charge in [-0.3, -0.25) is 9.69 Å². The second kappa shape index (κ2) is 6.76. The topological polar surface area (TPSA) is 15.2 Å². The van der Waals surface area contributed by atoms with E-state index < -0.39 is 0 Å². The highest BCUT2D eigenvalue weighted by Gasteiger charge is 2.33. The van der Waals surface area contributed by atoms with Crippen LogP contribution in [-0.2, 0) is 0 Å². The van der Waals surface area contributed by atoms with Crippen molar-refractivity contribution in [3.8, 4) is 11.1 Å². The van der Waals surface area contributed by atoms with Crippen LogP contribution in [0.3, 0.4) is 0 Å². The summed E-state index contributed by atoms with van der Waals surface area (Å²) in [6, 6.07) is 20.5. The monoisotopic (exact) mass is 364 g/mol. The van der Waals surface area contributed by atoms with Crippen molar-refractivity contribution in [1.82, 2.24) is 0 Å². The Kier molecular flexibility index (Phi) is 4.26. The third kappa shape index (κ3) is 2.68. The van der Waals surface area contributed by atoms with Gasteiger partial charge in [0.05, 0.1) is 18.8 Å². The number of rotatable bonds is 2. The Bertz CT molecular complexity index is 1140. The van der Waals surface area contributed by atoms with Gasteiger partial charge in [0.15, 0.2) is 11.4 Å². The average Bonchev–Trinajstić information content (AvgIpc) is 2.97. The van der Waals surface area contributed by atoms with Crippen molar-refractivity contribution in [3.05, 3.63) is 89.1 Å². The van der Waals surface area contributed by atoms with E-state index in [9.17, 15) is 0 Å². The van der Waals surface area contributed by atoms with Gasteiger partial charge in [0.2, 0.25) is 0 Å². The number of benzene rings is 3. The number of aryl methyl sites for hydroxylation is 1. The van der Waals surface area contributed by atoms with Crippen LogP contribution in [0.4, 0.5) is 28.4 Å². The van der Waals surface area contributed by atoms with Gasteiger partial charge in [0.1, 0.15) is 6.17 Å². The molecule has 0 N–H and O–H groups in total. The first-order valence-electron chi connectivity index (χ1n) is 9.16. The lowest BCUT2D eigenvalue weighted by atomic mass is 10.0. The molecule has 1 atom stereocenters. The highest BCUT2D eigenvalue weighted by atomic mass is 15.4. The Balaban J connectivity index is 1.83. The molecule has 1 aliphatic heterocycles. The maximum absolute atomic E-state index is 7.44. The average molecular weight is 364 g/mol. The van der Waals surface area contributed by atoms with Crippen LogP contribution in [0.15, 0.2) is 60.7 Å². The molecule has 1 heterocycles. The van der Waals surface area contributed by atoms with Crippen molar-refractivity contribution < 1.29 is 0 Å². The number of fused-ring (bicyclic) bond motifs is 1. The van der Waals surface area contributed by atoms with Gasteiger partial charge in [-0.1, -0.05) is 36.4 Å². The Morgan fingerprint density at radius 3 is 2.04 bits per heavy atom. The molecule has 0 unspecified atom stereocenters. The molecule has 0 amide bonds. The molecule has 4 rings (SSSR count). The predicted octanol–water partition coefficient (Wildman–Crippen LogP) is 6.70. The van der Waals surface area contributed by atoms with Gasteiger partial charge in [-0.2, -0.15) is 0 Å². The van der Waals surface area contributed by atoms with Crippen molar-refractivity contribution >= 4 is 28.4 Å². The zero-order valence-electron chi connectivity index (χ0n) is 16.1. The van der Waals surface area contributed by atoms with Crippen LogP contribution < -0.4 is 9.80 Å². The predicted molar refractivity (Wildman–Crippen MR) is 116 cm³/mol. The number of nitrogens with zero attached hydrogens (tertiary/aromatic N) is 4. The molecule has 4 heteroatoms. The molecule has 3 aromatic carbocycles. The second-order valence-electron chi connectivity index (χ2n) is 7.03. The van der Waals surface area contributed by atoms with Gasteiger partial charge in [0, 0.05) is 18.4 Å². The van der Waals surface area contributed by atoms with Crippen molar-refractivity contribution in [2.45, 2.75) is 20.0 Å². The maximum Gasteiger partial charge on any atom is 0.196 e. The van der Waals surface area contributed by atoms with E-state index in [4.69, 9.17) is 13.1 Å². The van der Waals surface area contributed by atoms with E-state index in [-0.39, 0.29) is 6.17 Å². The number of hydrogen-bond donors (Lipinski definition) is 0. The molecule has 0 saturated carbocycles. The van der Waals surface area contributed by atoms with Crippen LogP contribution in [0.1, 0.15) is 12.5 Å². The van der Waals surface area contributed by atoms with Crippen LogP contribution in [0.5, 0.6) is 0 Å². The standard InChI is InChI=1S/C24H20N4/c1-16-13-19(18-9-7-6-8-10-18)11-12-22(16)28-17(2)27(5)23-14-20(25-3)21(26-4)15-24(23)28/h6-15,17H,1-2,5H3/t17-/m0/s1. The summed E-state index contributed by atoms with van der Waals surface area (Å²) in [7, 11) is 2.03. The molecule has 3 aromatic rings. The minimum Gasteiger partial charge on any atom is -0.354 e. The fourth-order valence-electron chi connectivity index (χ4n) is 3.85. The van der Waals surface area contributed by atoms with E-state index in [0.29, 0.717) is 11.4 Å². The molecule has 0 spiro atoms. The first-order chi connectivity index (χ1) is 13.5. The van der Waals surface area contributed by atoms with Crippen LogP contribution in [-0.4, -0.2) is 13.2 Å². The smallest absolute Gasteiger partial charge is 0.196 e. The van der Waals surface area contributed by atoms with Crippen molar-refractivity contribution in [2.75, 3.05) is 16.8 Å². The van der Waals surface area contributed by atoms with Gasteiger partial charge >= 0.3 is 0 Å². The highest BCUT2D eigenvalue weighted by molar-refractivity contribution is 5.92. The molecule has 1 aliphatic rings. The summed E-state index contributed by atoms with van der Waals surface area (Å²) in [6.45, 7) is 19.1. The summed E-state index contributed by atoms with van der Waals surface area (Å²) in [5, 5.41) is 0. The summed E-state index contributed by atoms with van der Waals surface area (Å²) in [5.41, 5.74) is 7.44. The Morgan fingerprint density at radius 1 is 0.786 bits per heavy atom. The van der Waals surface area contributed by atoms with Crippen LogP contribution in [0, 0.1) is 20.1 Å². The van der Waals surface area contributed by atoms with Crippen molar-refractivity contribution in [1.29, 1.82) is 0 Å². The second-order valence-corrected chi connectivity index (χ2v) is 7.03. The number of hydrogen-bond acceptors (Lipinski definition) is 2.